The number of morpholine rings is 1. The molecule has 1 fully saturated rings. The van der Waals surface area contributed by atoms with Gasteiger partial charge in [-0.1, -0.05) is 0 Å². The van der Waals surface area contributed by atoms with Gasteiger partial charge >= 0.3 is 5.37 Å². The Morgan fingerprint density at radius 2 is 2.23 bits per heavy atom. The summed E-state index contributed by atoms with van der Waals surface area (Å²) in [4.78, 5) is 11.6. The lowest BCUT2D eigenvalue weighted by atomic mass is 10.5. The van der Waals surface area contributed by atoms with Gasteiger partial charge in [-0.3, -0.25) is 9.35 Å². The van der Waals surface area contributed by atoms with Crippen LogP contribution >= 0.6 is 11.6 Å². The van der Waals surface area contributed by atoms with Crippen LogP contribution in [0.4, 0.5) is 4.79 Å². The quantitative estimate of drug-likeness (QED) is 0.385. The number of halogens is 1. The van der Waals surface area contributed by atoms with Gasteiger partial charge in [0.1, 0.15) is 0 Å². The van der Waals surface area contributed by atoms with Gasteiger partial charge in [0.25, 0.3) is 10.1 Å². The number of carbonyl (C=O) groups excluding carboxylic acids is 1. The van der Waals surface area contributed by atoms with Crippen LogP contribution in [0.5, 0.6) is 0 Å². The number of ether oxygens (including phenoxy) is 1. The minimum atomic E-state index is -4.32. The Morgan fingerprint density at radius 3 is 2.62 bits per heavy atom. The average Bonchev–Trinajstić information content (AvgIpc) is 2.03. The lowest BCUT2D eigenvalue weighted by molar-refractivity contribution is 0.0417. The fourth-order valence-corrected chi connectivity index (χ4v) is 2.08. The molecule has 0 spiro atoms. The van der Waals surface area contributed by atoms with E-state index in [1.807, 2.05) is 0 Å². The number of nitrogens with zero attached hydrogens (tertiary/aromatic N) is 1. The van der Waals surface area contributed by atoms with Crippen LogP contribution in [-0.2, 0) is 14.9 Å². The van der Waals surface area contributed by atoms with Crippen molar-refractivity contribution >= 4 is 27.1 Å². The summed E-state index contributed by atoms with van der Waals surface area (Å²) in [7, 11) is -4.32. The molecule has 1 N–H and O–H groups in total. The van der Waals surface area contributed by atoms with Crippen LogP contribution in [0.1, 0.15) is 0 Å². The molecule has 1 heterocycles. The van der Waals surface area contributed by atoms with Gasteiger partial charge in [0.15, 0.2) is 5.37 Å². The molecular formula is C5H8ClNO5S. The van der Waals surface area contributed by atoms with Gasteiger partial charge in [0, 0.05) is 6.54 Å². The molecule has 0 radical (unpaired) electrons. The highest BCUT2D eigenvalue weighted by Gasteiger charge is 2.35. The fraction of sp³-hybridized carbons (Fsp3) is 0.800. The molecule has 0 bridgehead atoms. The largest absolute Gasteiger partial charge is 0.376 e. The topological polar surface area (TPSA) is 83.9 Å². The second-order valence-electron chi connectivity index (χ2n) is 2.49. The standard InChI is InChI=1S/C5H8ClNO5S/c6-5(8)7-1-2-12-3-4(7)13(9,10)11/h4H,1-3H2,(H,9,10,11). The Bertz CT molecular complexity index is 302. The molecule has 76 valence electrons. The summed E-state index contributed by atoms with van der Waals surface area (Å²) in [5, 5.41) is -2.29. The molecule has 1 aliphatic rings. The average molecular weight is 230 g/mol. The van der Waals surface area contributed by atoms with Crippen molar-refractivity contribution in [3.63, 3.8) is 0 Å². The van der Waals surface area contributed by atoms with E-state index in [1.54, 1.807) is 0 Å². The first-order chi connectivity index (χ1) is 5.93. The summed E-state index contributed by atoms with van der Waals surface area (Å²) in [5.74, 6) is 0. The Kier molecular flexibility index (Phi) is 3.12. The zero-order valence-electron chi connectivity index (χ0n) is 6.51. The number of amides is 1. The van der Waals surface area contributed by atoms with Crippen molar-refractivity contribution in [2.45, 2.75) is 5.37 Å². The second-order valence-corrected chi connectivity index (χ2v) is 4.39. The first-order valence-corrected chi connectivity index (χ1v) is 5.31. The first-order valence-electron chi connectivity index (χ1n) is 3.43. The number of hydrogen-bond acceptors (Lipinski definition) is 4. The summed E-state index contributed by atoms with van der Waals surface area (Å²) in [5.41, 5.74) is 0. The predicted molar refractivity (Wildman–Crippen MR) is 44.1 cm³/mol. The maximum atomic E-state index is 10.7. The van der Waals surface area contributed by atoms with E-state index in [0.29, 0.717) is 0 Å². The predicted octanol–water partition coefficient (Wildman–Crippen LogP) is -0.109. The number of hydrogen-bond donors (Lipinski definition) is 1. The van der Waals surface area contributed by atoms with E-state index in [4.69, 9.17) is 20.9 Å². The van der Waals surface area contributed by atoms with Gasteiger partial charge in [-0.15, -0.1) is 0 Å². The van der Waals surface area contributed by atoms with Crippen molar-refractivity contribution in [2.24, 2.45) is 0 Å². The summed E-state index contributed by atoms with van der Waals surface area (Å²) >= 11 is 5.11. The third-order valence-corrected chi connectivity index (χ3v) is 2.95. The van der Waals surface area contributed by atoms with Gasteiger partial charge in [-0.05, 0) is 11.6 Å². The van der Waals surface area contributed by atoms with Crippen LogP contribution in [-0.4, -0.2) is 48.4 Å². The number of carbonyl (C=O) groups is 1. The third kappa shape index (κ3) is 2.53. The Balaban J connectivity index is 2.86. The zero-order valence-corrected chi connectivity index (χ0v) is 8.08. The number of rotatable bonds is 1. The van der Waals surface area contributed by atoms with Crippen molar-refractivity contribution in [3.8, 4) is 0 Å². The highest BCUT2D eigenvalue weighted by Crippen LogP contribution is 2.14. The highest BCUT2D eigenvalue weighted by atomic mass is 35.5. The van der Waals surface area contributed by atoms with E-state index in [0.717, 1.165) is 4.90 Å². The molecule has 1 rings (SSSR count). The maximum Gasteiger partial charge on any atom is 0.317 e. The molecule has 1 saturated heterocycles. The van der Waals surface area contributed by atoms with Gasteiger partial charge < -0.3 is 9.64 Å². The van der Waals surface area contributed by atoms with E-state index in [1.165, 1.54) is 0 Å². The van der Waals surface area contributed by atoms with Gasteiger partial charge in [0.2, 0.25) is 0 Å². The van der Waals surface area contributed by atoms with E-state index in [2.05, 4.69) is 0 Å². The van der Waals surface area contributed by atoms with Gasteiger partial charge in [0.05, 0.1) is 13.2 Å². The monoisotopic (exact) mass is 229 g/mol. The van der Waals surface area contributed by atoms with Gasteiger partial charge in [-0.2, -0.15) is 8.42 Å². The molecule has 0 saturated carbocycles. The molecule has 6 nitrogen and oxygen atoms in total. The van der Waals surface area contributed by atoms with Crippen molar-refractivity contribution in [3.05, 3.63) is 0 Å². The van der Waals surface area contributed by atoms with Crippen LogP contribution in [0.3, 0.4) is 0 Å². The minimum Gasteiger partial charge on any atom is -0.376 e. The fourth-order valence-electron chi connectivity index (χ4n) is 1.03. The molecule has 13 heavy (non-hydrogen) atoms. The van der Waals surface area contributed by atoms with E-state index in [-0.39, 0.29) is 19.8 Å². The summed E-state index contributed by atoms with van der Waals surface area (Å²) in [6.45, 7) is 0.0224. The second kappa shape index (κ2) is 3.79. The zero-order chi connectivity index (χ0) is 10.1. The van der Waals surface area contributed by atoms with Crippen molar-refractivity contribution in [2.75, 3.05) is 19.8 Å². The van der Waals surface area contributed by atoms with E-state index >= 15 is 0 Å². The Labute approximate surface area is 80.2 Å². The molecule has 1 atom stereocenters. The summed E-state index contributed by atoms with van der Waals surface area (Å²) in [6.07, 6.45) is 0. The van der Waals surface area contributed by atoms with E-state index < -0.39 is 20.9 Å². The Morgan fingerprint density at radius 1 is 1.62 bits per heavy atom. The van der Waals surface area contributed by atoms with E-state index in [9.17, 15) is 13.2 Å². The van der Waals surface area contributed by atoms with Crippen LogP contribution in [0, 0.1) is 0 Å². The highest BCUT2D eigenvalue weighted by molar-refractivity contribution is 7.86. The molecule has 0 aromatic carbocycles. The molecule has 1 aliphatic heterocycles. The maximum absolute atomic E-state index is 10.7. The molecular weight excluding hydrogens is 222 g/mol. The molecule has 0 aliphatic carbocycles. The smallest absolute Gasteiger partial charge is 0.317 e. The molecule has 0 aromatic rings. The van der Waals surface area contributed by atoms with Gasteiger partial charge in [-0.25, -0.2) is 0 Å². The van der Waals surface area contributed by atoms with Crippen LogP contribution < -0.4 is 0 Å². The third-order valence-electron chi connectivity index (χ3n) is 1.65. The lowest BCUT2D eigenvalue weighted by Crippen LogP contribution is -2.50. The summed E-state index contributed by atoms with van der Waals surface area (Å²) < 4.78 is 34.9. The normalized spacial score (nSPS) is 24.5. The van der Waals surface area contributed by atoms with Crippen LogP contribution in [0.15, 0.2) is 0 Å². The first kappa shape index (κ1) is 10.7. The Hall–Kier alpha value is -0.370. The summed E-state index contributed by atoms with van der Waals surface area (Å²) in [6, 6.07) is 0. The van der Waals surface area contributed by atoms with Crippen molar-refractivity contribution in [1.82, 2.24) is 4.90 Å². The van der Waals surface area contributed by atoms with Crippen molar-refractivity contribution < 1.29 is 22.5 Å². The SMILES string of the molecule is O=C(Cl)N1CCOCC1S(=O)(=O)O. The lowest BCUT2D eigenvalue weighted by Gasteiger charge is -2.31. The molecule has 8 heteroatoms. The van der Waals surface area contributed by atoms with Crippen molar-refractivity contribution in [1.29, 1.82) is 0 Å². The molecule has 0 aromatic heterocycles. The minimum absolute atomic E-state index is 0.0623. The van der Waals surface area contributed by atoms with Crippen LogP contribution in [0.2, 0.25) is 0 Å². The molecule has 1 amide bonds. The molecule has 1 unspecified atom stereocenters. The van der Waals surface area contributed by atoms with Crippen LogP contribution in [0.25, 0.3) is 0 Å².